The van der Waals surface area contributed by atoms with E-state index in [1.807, 2.05) is 30.2 Å². The van der Waals surface area contributed by atoms with Crippen LogP contribution in [0, 0.1) is 6.92 Å². The minimum Gasteiger partial charge on any atom is -0.486 e. The van der Waals surface area contributed by atoms with Gasteiger partial charge in [0.05, 0.1) is 5.56 Å². The van der Waals surface area contributed by atoms with Gasteiger partial charge in [0.1, 0.15) is 6.10 Å². The van der Waals surface area contributed by atoms with Gasteiger partial charge in [-0.2, -0.15) is 13.2 Å². The van der Waals surface area contributed by atoms with Crippen LogP contribution in [0.3, 0.4) is 0 Å². The van der Waals surface area contributed by atoms with Gasteiger partial charge in [0.15, 0.2) is 18.3 Å². The van der Waals surface area contributed by atoms with Gasteiger partial charge in [-0.15, -0.1) is 5.06 Å². The van der Waals surface area contributed by atoms with Gasteiger partial charge in [-0.3, -0.25) is 0 Å². The monoisotopic (exact) mass is 452 g/mol. The van der Waals surface area contributed by atoms with Crippen LogP contribution < -0.4 is 14.3 Å². The molecule has 9 heteroatoms. The zero-order valence-electron chi connectivity index (χ0n) is 18.1. The SMILES string of the molecule is COCOc1cc(C)ccc1O[C@H]1C[C@H]2CCC[C@@H](C1)N2Oc1ccc(C(F)(F)F)cn1. The van der Waals surface area contributed by atoms with Crippen molar-refractivity contribution in [2.45, 2.75) is 63.4 Å². The minimum atomic E-state index is -4.42. The topological polar surface area (TPSA) is 53.0 Å². The molecule has 4 rings (SSSR count). The van der Waals surface area contributed by atoms with Gasteiger partial charge in [0, 0.05) is 44.3 Å². The maximum Gasteiger partial charge on any atom is 0.417 e. The second-order valence-electron chi connectivity index (χ2n) is 8.28. The first-order valence-electron chi connectivity index (χ1n) is 10.7. The van der Waals surface area contributed by atoms with Crippen molar-refractivity contribution in [1.29, 1.82) is 0 Å². The van der Waals surface area contributed by atoms with E-state index in [0.717, 1.165) is 49.9 Å². The number of halogens is 3. The van der Waals surface area contributed by atoms with Crippen LogP contribution in [-0.4, -0.2) is 42.1 Å². The summed E-state index contributed by atoms with van der Waals surface area (Å²) >= 11 is 0. The molecule has 0 unspecified atom stereocenters. The Morgan fingerprint density at radius 2 is 1.81 bits per heavy atom. The van der Waals surface area contributed by atoms with Gasteiger partial charge in [-0.25, -0.2) is 4.98 Å². The van der Waals surface area contributed by atoms with Crippen LogP contribution in [0.1, 0.15) is 43.2 Å². The molecule has 0 N–H and O–H groups in total. The predicted molar refractivity (Wildman–Crippen MR) is 110 cm³/mol. The van der Waals surface area contributed by atoms with Gasteiger partial charge in [-0.05, 0) is 43.5 Å². The van der Waals surface area contributed by atoms with E-state index in [-0.39, 0.29) is 30.9 Å². The lowest BCUT2D eigenvalue weighted by Gasteiger charge is -2.46. The smallest absolute Gasteiger partial charge is 0.417 e. The number of methoxy groups -OCH3 is 1. The number of alkyl halides is 3. The molecule has 32 heavy (non-hydrogen) atoms. The largest absolute Gasteiger partial charge is 0.486 e. The molecule has 0 radical (unpaired) electrons. The number of pyridine rings is 1. The number of ether oxygens (including phenoxy) is 3. The molecule has 0 amide bonds. The Morgan fingerprint density at radius 3 is 2.44 bits per heavy atom. The van der Waals surface area contributed by atoms with Crippen LogP contribution in [0.5, 0.6) is 17.4 Å². The molecular formula is C23H27F3N2O4. The third-order valence-electron chi connectivity index (χ3n) is 5.85. The Balaban J connectivity index is 1.43. The van der Waals surface area contributed by atoms with Gasteiger partial charge in [0.25, 0.3) is 0 Å². The summed E-state index contributed by atoms with van der Waals surface area (Å²) in [7, 11) is 1.57. The standard InChI is InChI=1S/C23H27F3N2O4/c1-15-6-8-20(21(10-15)30-14-29-2)31-19-11-17-4-3-5-18(12-19)28(17)32-22-9-7-16(13-27-22)23(24,25)26/h6-10,13,17-19H,3-5,11-12,14H2,1-2H3/t17-,18+,19+. The summed E-state index contributed by atoms with van der Waals surface area (Å²) in [5, 5.41) is 1.90. The van der Waals surface area contributed by atoms with Crippen molar-refractivity contribution in [2.75, 3.05) is 13.9 Å². The average Bonchev–Trinajstić information content (AvgIpc) is 2.74. The first-order valence-corrected chi connectivity index (χ1v) is 10.7. The van der Waals surface area contributed by atoms with Gasteiger partial charge in [-0.1, -0.05) is 12.5 Å². The molecule has 2 aromatic rings. The molecule has 0 spiro atoms. The Kier molecular flexibility index (Phi) is 6.76. The van der Waals surface area contributed by atoms with E-state index in [9.17, 15) is 13.2 Å². The highest BCUT2D eigenvalue weighted by molar-refractivity contribution is 5.42. The number of piperidine rings is 2. The van der Waals surface area contributed by atoms with Crippen molar-refractivity contribution >= 4 is 0 Å². The number of rotatable bonds is 7. The first-order chi connectivity index (χ1) is 15.3. The van der Waals surface area contributed by atoms with E-state index in [1.54, 1.807) is 7.11 Å². The fourth-order valence-corrected chi connectivity index (χ4v) is 4.37. The number of benzene rings is 1. The molecule has 2 aliphatic heterocycles. The first kappa shape index (κ1) is 22.7. The van der Waals surface area contributed by atoms with Gasteiger partial charge < -0.3 is 19.0 Å². The van der Waals surface area contributed by atoms with Crippen LogP contribution in [-0.2, 0) is 10.9 Å². The number of fused-ring (bicyclic) bond motifs is 2. The molecular weight excluding hydrogens is 425 g/mol. The van der Waals surface area contributed by atoms with Gasteiger partial charge >= 0.3 is 6.18 Å². The zero-order chi connectivity index (χ0) is 22.7. The van der Waals surface area contributed by atoms with Crippen LogP contribution in [0.25, 0.3) is 0 Å². The molecule has 1 aromatic heterocycles. The number of nitrogens with zero attached hydrogens (tertiary/aromatic N) is 2. The summed E-state index contributed by atoms with van der Waals surface area (Å²) in [4.78, 5) is 9.80. The molecule has 3 atom stereocenters. The highest BCUT2D eigenvalue weighted by Gasteiger charge is 2.41. The molecule has 0 aliphatic carbocycles. The number of hydrogen-bond donors (Lipinski definition) is 0. The van der Waals surface area contributed by atoms with Crippen LogP contribution in [0.15, 0.2) is 36.5 Å². The Bertz CT molecular complexity index is 893. The van der Waals surface area contributed by atoms with Crippen molar-refractivity contribution in [1.82, 2.24) is 10.0 Å². The third kappa shape index (κ3) is 5.27. The Morgan fingerprint density at radius 1 is 1.06 bits per heavy atom. The summed E-state index contributed by atoms with van der Waals surface area (Å²) < 4.78 is 55.4. The summed E-state index contributed by atoms with van der Waals surface area (Å²) in [6.07, 6.45) is 0.798. The fourth-order valence-electron chi connectivity index (χ4n) is 4.37. The van der Waals surface area contributed by atoms with Gasteiger partial charge in [0.2, 0.25) is 5.88 Å². The summed E-state index contributed by atoms with van der Waals surface area (Å²) in [6.45, 7) is 2.12. The van der Waals surface area contributed by atoms with Crippen molar-refractivity contribution < 1.29 is 32.2 Å². The van der Waals surface area contributed by atoms with Crippen molar-refractivity contribution in [3.8, 4) is 17.4 Å². The average molecular weight is 452 g/mol. The number of hydrogen-bond acceptors (Lipinski definition) is 6. The highest BCUT2D eigenvalue weighted by atomic mass is 19.4. The van der Waals surface area contributed by atoms with E-state index in [1.165, 1.54) is 6.07 Å². The lowest BCUT2D eigenvalue weighted by molar-refractivity contribution is -0.185. The molecule has 2 saturated heterocycles. The predicted octanol–water partition coefficient (Wildman–Crippen LogP) is 5.15. The second kappa shape index (κ2) is 9.54. The number of aromatic nitrogens is 1. The third-order valence-corrected chi connectivity index (χ3v) is 5.85. The van der Waals surface area contributed by atoms with E-state index >= 15 is 0 Å². The summed E-state index contributed by atoms with van der Waals surface area (Å²) in [5.74, 6) is 1.49. The van der Waals surface area contributed by atoms with Crippen molar-refractivity contribution in [2.24, 2.45) is 0 Å². The molecule has 0 saturated carbocycles. The maximum atomic E-state index is 12.8. The molecule has 2 aliphatic rings. The summed E-state index contributed by atoms with van der Waals surface area (Å²) in [5.41, 5.74) is 0.273. The minimum absolute atomic E-state index is 0.0154. The van der Waals surface area contributed by atoms with Crippen LogP contribution in [0.2, 0.25) is 0 Å². The highest BCUT2D eigenvalue weighted by Crippen LogP contribution is 2.38. The van der Waals surface area contributed by atoms with E-state index in [2.05, 4.69) is 4.98 Å². The van der Waals surface area contributed by atoms with Crippen molar-refractivity contribution in [3.05, 3.63) is 47.7 Å². The quantitative estimate of drug-likeness (QED) is 0.542. The molecule has 2 bridgehead atoms. The molecule has 2 fully saturated rings. The maximum absolute atomic E-state index is 12.8. The number of hydroxylamine groups is 2. The molecule has 6 nitrogen and oxygen atoms in total. The molecule has 174 valence electrons. The van der Waals surface area contributed by atoms with E-state index < -0.39 is 11.7 Å². The normalized spacial score (nSPS) is 23.6. The lowest BCUT2D eigenvalue weighted by Crippen LogP contribution is -2.55. The lowest BCUT2D eigenvalue weighted by atomic mass is 9.84. The Labute approximate surface area is 185 Å². The number of aryl methyl sites for hydroxylation is 1. The zero-order valence-corrected chi connectivity index (χ0v) is 18.1. The van der Waals surface area contributed by atoms with E-state index in [0.29, 0.717) is 11.5 Å². The Hall–Kier alpha value is -2.52. The summed E-state index contributed by atoms with van der Waals surface area (Å²) in [6, 6.07) is 8.27. The second-order valence-corrected chi connectivity index (χ2v) is 8.28. The molecule has 3 heterocycles. The van der Waals surface area contributed by atoms with E-state index in [4.69, 9.17) is 19.0 Å². The van der Waals surface area contributed by atoms with Crippen LogP contribution in [0.4, 0.5) is 13.2 Å². The van der Waals surface area contributed by atoms with Crippen molar-refractivity contribution in [3.63, 3.8) is 0 Å². The fraction of sp³-hybridized carbons (Fsp3) is 0.522. The van der Waals surface area contributed by atoms with Crippen LogP contribution >= 0.6 is 0 Å². The molecule has 1 aromatic carbocycles.